The van der Waals surface area contributed by atoms with Gasteiger partial charge in [-0.25, -0.2) is 4.39 Å². The maximum atomic E-state index is 13.3. The van der Waals surface area contributed by atoms with E-state index in [2.05, 4.69) is 10.6 Å². The number of rotatable bonds is 10. The lowest BCUT2D eigenvalue weighted by Gasteiger charge is -2.16. The van der Waals surface area contributed by atoms with Gasteiger partial charge in [0, 0.05) is 40.5 Å². The maximum absolute atomic E-state index is 13.3. The van der Waals surface area contributed by atoms with Gasteiger partial charge in [-0.2, -0.15) is 0 Å². The van der Waals surface area contributed by atoms with Gasteiger partial charge in [0.25, 0.3) is 0 Å². The van der Waals surface area contributed by atoms with Gasteiger partial charge < -0.3 is 20.1 Å². The molecule has 34 heavy (non-hydrogen) atoms. The van der Waals surface area contributed by atoms with Crippen LogP contribution in [0.1, 0.15) is 31.9 Å². The SMILES string of the molecule is CCOc1cc(CNc2ccc(NC(=O)C(C)C)cc2)c(Cl)cc1OCc1ccc(F)cc1Cl. The summed E-state index contributed by atoms with van der Waals surface area (Å²) in [6.07, 6.45) is 0. The number of hydrogen-bond donors (Lipinski definition) is 2. The van der Waals surface area contributed by atoms with Crippen molar-refractivity contribution in [2.24, 2.45) is 5.92 Å². The molecule has 0 aromatic heterocycles. The van der Waals surface area contributed by atoms with Crippen molar-refractivity contribution in [3.8, 4) is 11.5 Å². The third kappa shape index (κ3) is 7.02. The smallest absolute Gasteiger partial charge is 0.226 e. The zero-order valence-corrected chi connectivity index (χ0v) is 20.8. The summed E-state index contributed by atoms with van der Waals surface area (Å²) in [6, 6.07) is 15.1. The largest absolute Gasteiger partial charge is 0.490 e. The van der Waals surface area contributed by atoms with E-state index >= 15 is 0 Å². The van der Waals surface area contributed by atoms with E-state index < -0.39 is 5.82 Å². The highest BCUT2D eigenvalue weighted by molar-refractivity contribution is 6.31. The summed E-state index contributed by atoms with van der Waals surface area (Å²) >= 11 is 12.6. The molecule has 0 aliphatic rings. The summed E-state index contributed by atoms with van der Waals surface area (Å²) in [7, 11) is 0. The molecule has 0 bridgehead atoms. The molecule has 0 aliphatic carbocycles. The topological polar surface area (TPSA) is 59.6 Å². The van der Waals surface area contributed by atoms with Gasteiger partial charge in [0.05, 0.1) is 11.6 Å². The number of carbonyl (C=O) groups excluding carboxylic acids is 1. The fraction of sp³-hybridized carbons (Fsp3) is 0.269. The molecule has 3 aromatic rings. The minimum absolute atomic E-state index is 0.0278. The van der Waals surface area contributed by atoms with E-state index in [0.29, 0.717) is 40.3 Å². The molecule has 0 saturated carbocycles. The van der Waals surface area contributed by atoms with Crippen LogP contribution < -0.4 is 20.1 Å². The van der Waals surface area contributed by atoms with E-state index in [1.165, 1.54) is 12.1 Å². The second-order valence-electron chi connectivity index (χ2n) is 7.92. The van der Waals surface area contributed by atoms with Gasteiger partial charge in [-0.1, -0.05) is 43.1 Å². The summed E-state index contributed by atoms with van der Waals surface area (Å²) in [5.74, 6) is 0.507. The zero-order valence-electron chi connectivity index (χ0n) is 19.3. The second kappa shape index (κ2) is 12.0. The Kier molecular flexibility index (Phi) is 9.02. The van der Waals surface area contributed by atoms with Gasteiger partial charge in [-0.3, -0.25) is 4.79 Å². The quantitative estimate of drug-likeness (QED) is 0.303. The third-order valence-electron chi connectivity index (χ3n) is 4.97. The zero-order chi connectivity index (χ0) is 24.7. The minimum Gasteiger partial charge on any atom is -0.490 e. The van der Waals surface area contributed by atoms with Gasteiger partial charge in [-0.15, -0.1) is 0 Å². The number of benzene rings is 3. The fourth-order valence-electron chi connectivity index (χ4n) is 3.04. The van der Waals surface area contributed by atoms with E-state index in [4.69, 9.17) is 32.7 Å². The molecule has 0 spiro atoms. The predicted molar refractivity (Wildman–Crippen MR) is 136 cm³/mol. The molecule has 0 unspecified atom stereocenters. The van der Waals surface area contributed by atoms with Gasteiger partial charge >= 0.3 is 0 Å². The number of halogens is 3. The molecule has 0 saturated heterocycles. The van der Waals surface area contributed by atoms with Crippen LogP contribution in [0.4, 0.5) is 15.8 Å². The first-order valence-electron chi connectivity index (χ1n) is 10.9. The maximum Gasteiger partial charge on any atom is 0.226 e. The Hall–Kier alpha value is -2.96. The van der Waals surface area contributed by atoms with Crippen molar-refractivity contribution in [1.29, 1.82) is 0 Å². The Balaban J connectivity index is 1.68. The first-order valence-corrected chi connectivity index (χ1v) is 11.7. The summed E-state index contributed by atoms with van der Waals surface area (Å²) in [5, 5.41) is 6.98. The highest BCUT2D eigenvalue weighted by Gasteiger charge is 2.13. The minimum atomic E-state index is -0.404. The van der Waals surface area contributed by atoms with Gasteiger partial charge in [0.15, 0.2) is 11.5 Å². The molecule has 2 N–H and O–H groups in total. The molecule has 3 aromatic carbocycles. The molecule has 0 fully saturated rings. The van der Waals surface area contributed by atoms with Crippen LogP contribution in [0.25, 0.3) is 0 Å². The van der Waals surface area contributed by atoms with E-state index in [9.17, 15) is 9.18 Å². The molecule has 5 nitrogen and oxygen atoms in total. The highest BCUT2D eigenvalue weighted by Crippen LogP contribution is 2.35. The number of hydrogen-bond acceptors (Lipinski definition) is 4. The van der Waals surface area contributed by atoms with Crippen molar-refractivity contribution in [2.45, 2.75) is 33.9 Å². The first-order chi connectivity index (χ1) is 16.3. The van der Waals surface area contributed by atoms with E-state index in [1.807, 2.05) is 51.1 Å². The van der Waals surface area contributed by atoms with Crippen molar-refractivity contribution in [3.05, 3.63) is 81.6 Å². The Morgan fingerprint density at radius 3 is 2.21 bits per heavy atom. The van der Waals surface area contributed by atoms with Crippen LogP contribution in [0.15, 0.2) is 54.6 Å². The van der Waals surface area contributed by atoms with E-state index in [0.717, 1.165) is 16.9 Å². The van der Waals surface area contributed by atoms with Crippen LogP contribution in [0.2, 0.25) is 10.0 Å². The fourth-order valence-corrected chi connectivity index (χ4v) is 3.49. The number of anilines is 2. The molecule has 3 rings (SSSR count). The van der Waals surface area contributed by atoms with E-state index in [-0.39, 0.29) is 18.4 Å². The lowest BCUT2D eigenvalue weighted by molar-refractivity contribution is -0.118. The lowest BCUT2D eigenvalue weighted by atomic mass is 10.1. The number of carbonyl (C=O) groups is 1. The lowest BCUT2D eigenvalue weighted by Crippen LogP contribution is -2.17. The average Bonchev–Trinajstić information content (AvgIpc) is 2.80. The van der Waals surface area contributed by atoms with Crippen molar-refractivity contribution in [1.82, 2.24) is 0 Å². The van der Waals surface area contributed by atoms with E-state index in [1.54, 1.807) is 12.1 Å². The molecule has 8 heteroatoms. The average molecular weight is 505 g/mol. The Morgan fingerprint density at radius 1 is 0.912 bits per heavy atom. The monoisotopic (exact) mass is 504 g/mol. The molecule has 180 valence electrons. The van der Waals surface area contributed by atoms with Gasteiger partial charge in [-0.05, 0) is 55.0 Å². The van der Waals surface area contributed by atoms with Crippen LogP contribution in [-0.2, 0) is 17.9 Å². The van der Waals surface area contributed by atoms with Crippen LogP contribution in [0, 0.1) is 11.7 Å². The number of amides is 1. The standard InChI is InChI=1S/C26H27Cl2FN2O3/c1-4-33-24-11-18(14-30-20-7-9-21(10-8-20)31-26(32)16(2)3)23(28)13-25(24)34-15-17-5-6-19(29)12-22(17)27/h5-13,16,30H,4,14-15H2,1-3H3,(H,31,32). The Morgan fingerprint density at radius 2 is 1.56 bits per heavy atom. The van der Waals surface area contributed by atoms with Crippen LogP contribution in [-0.4, -0.2) is 12.5 Å². The normalized spacial score (nSPS) is 10.8. The number of nitrogens with one attached hydrogen (secondary N) is 2. The highest BCUT2D eigenvalue weighted by atomic mass is 35.5. The Labute approximate surface area is 209 Å². The molecule has 0 aliphatic heterocycles. The third-order valence-corrected chi connectivity index (χ3v) is 5.67. The summed E-state index contributed by atoms with van der Waals surface area (Å²) in [6.45, 7) is 6.63. The van der Waals surface area contributed by atoms with Gasteiger partial charge in [0.1, 0.15) is 12.4 Å². The van der Waals surface area contributed by atoms with Crippen molar-refractivity contribution in [3.63, 3.8) is 0 Å². The molecular formula is C26H27Cl2FN2O3. The van der Waals surface area contributed by atoms with Crippen molar-refractivity contribution >= 4 is 40.5 Å². The first kappa shape index (κ1) is 25.7. The summed E-state index contributed by atoms with van der Waals surface area (Å²) in [4.78, 5) is 11.8. The molecule has 0 radical (unpaired) electrons. The Bertz CT molecular complexity index is 1140. The van der Waals surface area contributed by atoms with Crippen LogP contribution in [0.5, 0.6) is 11.5 Å². The summed E-state index contributed by atoms with van der Waals surface area (Å²) in [5.41, 5.74) is 3.10. The van der Waals surface area contributed by atoms with Gasteiger partial charge in [0.2, 0.25) is 5.91 Å². The number of ether oxygens (including phenoxy) is 2. The molecule has 0 heterocycles. The predicted octanol–water partition coefficient (Wildman–Crippen LogP) is 7.32. The van der Waals surface area contributed by atoms with Crippen molar-refractivity contribution in [2.75, 3.05) is 17.2 Å². The molecular weight excluding hydrogens is 478 g/mol. The van der Waals surface area contributed by atoms with Crippen molar-refractivity contribution < 1.29 is 18.7 Å². The molecule has 0 atom stereocenters. The van der Waals surface area contributed by atoms with Crippen LogP contribution in [0.3, 0.4) is 0 Å². The van der Waals surface area contributed by atoms with Crippen LogP contribution >= 0.6 is 23.2 Å². The summed E-state index contributed by atoms with van der Waals surface area (Å²) < 4.78 is 24.9. The second-order valence-corrected chi connectivity index (χ2v) is 8.74. The molecule has 1 amide bonds.